The third-order valence-corrected chi connectivity index (χ3v) is 2.80. The van der Waals surface area contributed by atoms with Crippen molar-refractivity contribution in [2.75, 3.05) is 5.75 Å². The zero-order valence-corrected chi connectivity index (χ0v) is 9.87. The molecule has 0 aliphatic heterocycles. The zero-order valence-electron chi connectivity index (χ0n) is 9.05. The Morgan fingerprint density at radius 3 is 2.47 bits per heavy atom. The Morgan fingerprint density at radius 2 is 1.87 bits per heavy atom. The summed E-state index contributed by atoms with van der Waals surface area (Å²) in [7, 11) is 0. The van der Waals surface area contributed by atoms with Gasteiger partial charge in [0.05, 0.1) is 0 Å². The first kappa shape index (κ1) is 17.9. The maximum atomic E-state index is 10.7. The molecule has 0 radical (unpaired) electrons. The van der Waals surface area contributed by atoms with Crippen LogP contribution in [0.4, 0.5) is 0 Å². The fraction of sp³-hybridized carbons (Fsp3) is 0.727. The molecule has 0 aromatic carbocycles. The second-order valence-electron chi connectivity index (χ2n) is 3.29. The van der Waals surface area contributed by atoms with Crippen molar-refractivity contribution in [1.29, 1.82) is 0 Å². The first-order chi connectivity index (χ1) is 6.81. The molecular formula is C11H22NNaOS. The van der Waals surface area contributed by atoms with Crippen molar-refractivity contribution in [1.82, 2.24) is 4.72 Å². The fourth-order valence-corrected chi connectivity index (χ4v) is 1.79. The predicted molar refractivity (Wildman–Crippen MR) is 71.3 cm³/mol. The quantitative estimate of drug-likeness (QED) is 0.290. The fourth-order valence-electron chi connectivity index (χ4n) is 1.12. The summed E-state index contributed by atoms with van der Waals surface area (Å²) in [5, 5.41) is 0. The molecule has 0 bridgehead atoms. The van der Waals surface area contributed by atoms with E-state index in [9.17, 15) is 4.79 Å². The summed E-state index contributed by atoms with van der Waals surface area (Å²) in [6.45, 7) is 5.61. The van der Waals surface area contributed by atoms with E-state index < -0.39 is 0 Å². The number of carbonyl (C=O) groups is 1. The molecule has 0 aromatic heterocycles. The van der Waals surface area contributed by atoms with Crippen LogP contribution < -0.4 is 4.72 Å². The van der Waals surface area contributed by atoms with Crippen LogP contribution >= 0.6 is 11.9 Å². The topological polar surface area (TPSA) is 29.1 Å². The second kappa shape index (κ2) is 14.6. The summed E-state index contributed by atoms with van der Waals surface area (Å²) in [5.74, 6) is 0.909. The Morgan fingerprint density at radius 1 is 1.27 bits per heavy atom. The average Bonchev–Trinajstić information content (AvgIpc) is 2.21. The number of rotatable bonds is 9. The van der Waals surface area contributed by atoms with E-state index in [2.05, 4.69) is 18.2 Å². The Labute approximate surface area is 120 Å². The molecule has 0 unspecified atom stereocenters. The number of nitrogens with one attached hydrogen (secondary N) is 1. The van der Waals surface area contributed by atoms with E-state index in [1.165, 1.54) is 56.5 Å². The van der Waals surface area contributed by atoms with Crippen LogP contribution in [0.3, 0.4) is 0 Å². The third kappa shape index (κ3) is 14.6. The van der Waals surface area contributed by atoms with Crippen LogP contribution in [-0.2, 0) is 4.79 Å². The van der Waals surface area contributed by atoms with Crippen LogP contribution in [-0.4, -0.2) is 41.2 Å². The maximum absolute atomic E-state index is 10.7. The molecule has 0 fully saturated rings. The molecule has 0 rings (SSSR count). The number of amides is 1. The van der Waals surface area contributed by atoms with Crippen molar-refractivity contribution in [3.63, 3.8) is 0 Å². The number of carbonyl (C=O) groups excluding carboxylic acids is 1. The van der Waals surface area contributed by atoms with Crippen LogP contribution in [0, 0.1) is 0 Å². The molecule has 4 heteroatoms. The molecule has 0 heterocycles. The van der Waals surface area contributed by atoms with Crippen LogP contribution in [0.2, 0.25) is 0 Å². The minimum atomic E-state index is -0.0963. The standard InChI is InChI=1S/C11H21NOS.Na.H/c1-3-5-6-7-8-9-10-14-12-11(13)4-2;;/h4H,2-3,5-10H2,1H3,(H,12,13);;. The molecule has 1 N–H and O–H groups in total. The van der Waals surface area contributed by atoms with E-state index >= 15 is 0 Å². The summed E-state index contributed by atoms with van der Waals surface area (Å²) in [6, 6.07) is 0. The molecule has 1 amide bonds. The van der Waals surface area contributed by atoms with E-state index in [0.717, 1.165) is 5.75 Å². The molecule has 0 aliphatic carbocycles. The molecule has 84 valence electrons. The summed E-state index contributed by atoms with van der Waals surface area (Å²) in [4.78, 5) is 10.7. The molecule has 0 spiro atoms. The van der Waals surface area contributed by atoms with E-state index in [0.29, 0.717) is 0 Å². The second-order valence-corrected chi connectivity index (χ2v) is 4.19. The van der Waals surface area contributed by atoms with Crippen LogP contribution in [0.5, 0.6) is 0 Å². The summed E-state index contributed by atoms with van der Waals surface area (Å²) in [6.07, 6.45) is 9.07. The predicted octanol–water partition coefficient (Wildman–Crippen LogP) is 2.65. The van der Waals surface area contributed by atoms with Gasteiger partial charge in [-0.05, 0) is 12.5 Å². The van der Waals surface area contributed by atoms with Crippen molar-refractivity contribution < 1.29 is 4.79 Å². The third-order valence-electron chi connectivity index (χ3n) is 1.96. The SMILES string of the molecule is C=CC(=O)NSCCCCCCCC.[NaH]. The molecule has 15 heavy (non-hydrogen) atoms. The Bertz CT molecular complexity index is 165. The Kier molecular flexibility index (Phi) is 17.4. The van der Waals surface area contributed by atoms with Crippen LogP contribution in [0.25, 0.3) is 0 Å². The molecule has 0 saturated carbocycles. The van der Waals surface area contributed by atoms with Crippen molar-refractivity contribution in [2.45, 2.75) is 45.4 Å². The molecule has 0 aliphatic rings. The molecule has 0 atom stereocenters. The zero-order chi connectivity index (χ0) is 10.6. The van der Waals surface area contributed by atoms with Gasteiger partial charge in [0.2, 0.25) is 0 Å². The van der Waals surface area contributed by atoms with Gasteiger partial charge in [0.15, 0.2) is 0 Å². The van der Waals surface area contributed by atoms with E-state index in [1.54, 1.807) is 0 Å². The molecule has 0 aromatic rings. The van der Waals surface area contributed by atoms with Gasteiger partial charge in [0, 0.05) is 5.75 Å². The number of hydrogen-bond acceptors (Lipinski definition) is 2. The van der Waals surface area contributed by atoms with Gasteiger partial charge in [0.25, 0.3) is 5.91 Å². The van der Waals surface area contributed by atoms with Gasteiger partial charge in [0.1, 0.15) is 0 Å². The van der Waals surface area contributed by atoms with Gasteiger partial charge < -0.3 is 0 Å². The van der Waals surface area contributed by atoms with Gasteiger partial charge in [-0.2, -0.15) is 0 Å². The van der Waals surface area contributed by atoms with Gasteiger partial charge >= 0.3 is 29.6 Å². The van der Waals surface area contributed by atoms with Crippen molar-refractivity contribution >= 4 is 47.4 Å². The molecule has 2 nitrogen and oxygen atoms in total. The van der Waals surface area contributed by atoms with Gasteiger partial charge in [-0.25, -0.2) is 0 Å². The van der Waals surface area contributed by atoms with Crippen molar-refractivity contribution in [2.24, 2.45) is 0 Å². The summed E-state index contributed by atoms with van der Waals surface area (Å²) < 4.78 is 2.69. The molecule has 0 saturated heterocycles. The molecular weight excluding hydrogens is 217 g/mol. The van der Waals surface area contributed by atoms with Gasteiger partial charge in [-0.15, -0.1) is 0 Å². The Balaban J connectivity index is 0. The van der Waals surface area contributed by atoms with Crippen molar-refractivity contribution in [3.05, 3.63) is 12.7 Å². The van der Waals surface area contributed by atoms with Crippen LogP contribution in [0.15, 0.2) is 12.7 Å². The number of unbranched alkanes of at least 4 members (excludes halogenated alkanes) is 5. The summed E-state index contributed by atoms with van der Waals surface area (Å²) in [5.41, 5.74) is 0. The van der Waals surface area contributed by atoms with E-state index in [4.69, 9.17) is 0 Å². The summed E-state index contributed by atoms with van der Waals surface area (Å²) >= 11 is 1.48. The monoisotopic (exact) mass is 239 g/mol. The van der Waals surface area contributed by atoms with Crippen LogP contribution in [0.1, 0.15) is 45.4 Å². The van der Waals surface area contributed by atoms with Gasteiger partial charge in [-0.3, -0.25) is 9.52 Å². The van der Waals surface area contributed by atoms with E-state index in [-0.39, 0.29) is 35.5 Å². The van der Waals surface area contributed by atoms with Crippen molar-refractivity contribution in [3.8, 4) is 0 Å². The van der Waals surface area contributed by atoms with E-state index in [1.807, 2.05) is 0 Å². The Hall–Kier alpha value is 0.560. The average molecular weight is 239 g/mol. The van der Waals surface area contributed by atoms with Gasteiger partial charge in [-0.1, -0.05) is 57.6 Å². The minimum absolute atomic E-state index is 0. The first-order valence-electron chi connectivity index (χ1n) is 5.35. The number of hydrogen-bond donors (Lipinski definition) is 1. The normalized spacial score (nSPS) is 9.13. The first-order valence-corrected chi connectivity index (χ1v) is 6.34.